The molecule has 0 amide bonds. The second-order valence-corrected chi connectivity index (χ2v) is 3.83. The third-order valence-electron chi connectivity index (χ3n) is 2.72. The summed E-state index contributed by atoms with van der Waals surface area (Å²) in [6.07, 6.45) is 5.78. The summed E-state index contributed by atoms with van der Waals surface area (Å²) in [6.45, 7) is 0. The molecular weight excluding hydrogens is 228 g/mol. The lowest BCUT2D eigenvalue weighted by Crippen LogP contribution is -1.92. The molecule has 0 saturated carbocycles. The minimum atomic E-state index is 0.322. The molecule has 0 radical (unpaired) electrons. The molecule has 2 heterocycles. The first kappa shape index (κ1) is 10.5. The zero-order chi connectivity index (χ0) is 12.4. The van der Waals surface area contributed by atoms with Crippen LogP contribution in [0.2, 0.25) is 0 Å². The fraction of sp³-hybridized carbons (Fsp3) is 0. The summed E-state index contributed by atoms with van der Waals surface area (Å²) in [7, 11) is 0. The first-order chi connectivity index (χ1) is 8.88. The van der Waals surface area contributed by atoms with Crippen LogP contribution in [0.25, 0.3) is 16.8 Å². The molecule has 0 spiro atoms. The summed E-state index contributed by atoms with van der Waals surface area (Å²) in [6, 6.07) is 11.5. The van der Waals surface area contributed by atoms with Crippen LogP contribution < -0.4 is 0 Å². The minimum Gasteiger partial charge on any atom is -0.461 e. The minimum absolute atomic E-state index is 0.322. The molecule has 0 saturated heterocycles. The molecule has 2 aromatic heterocycles. The Morgan fingerprint density at radius 2 is 2.00 bits per heavy atom. The molecule has 0 aliphatic rings. The summed E-state index contributed by atoms with van der Waals surface area (Å²) in [5.74, 6) is 0.322. The second kappa shape index (κ2) is 4.33. The van der Waals surface area contributed by atoms with Crippen molar-refractivity contribution in [1.29, 1.82) is 0 Å². The number of aromatic nitrogens is 2. The lowest BCUT2D eigenvalue weighted by atomic mass is 10.1. The van der Waals surface area contributed by atoms with E-state index in [9.17, 15) is 4.79 Å². The number of benzene rings is 1. The number of aldehydes is 1. The Hall–Kier alpha value is -2.62. The highest BCUT2D eigenvalue weighted by molar-refractivity contribution is 5.83. The van der Waals surface area contributed by atoms with Crippen LogP contribution in [-0.2, 0) is 0 Å². The van der Waals surface area contributed by atoms with Gasteiger partial charge in [0, 0.05) is 17.3 Å². The van der Waals surface area contributed by atoms with E-state index in [0.717, 1.165) is 16.8 Å². The van der Waals surface area contributed by atoms with Crippen molar-refractivity contribution in [1.82, 2.24) is 9.78 Å². The number of carbonyl (C=O) groups excluding carboxylic acids is 1. The number of nitrogens with zero attached hydrogens (tertiary/aromatic N) is 2. The molecule has 4 heteroatoms. The van der Waals surface area contributed by atoms with Gasteiger partial charge < -0.3 is 4.42 Å². The van der Waals surface area contributed by atoms with Gasteiger partial charge in [-0.2, -0.15) is 5.10 Å². The van der Waals surface area contributed by atoms with Crippen molar-refractivity contribution in [2.45, 2.75) is 0 Å². The molecule has 4 nitrogen and oxygen atoms in total. The van der Waals surface area contributed by atoms with Crippen LogP contribution in [0.15, 0.2) is 59.5 Å². The van der Waals surface area contributed by atoms with Crippen LogP contribution in [0.1, 0.15) is 10.6 Å². The molecule has 1 aromatic carbocycles. The van der Waals surface area contributed by atoms with Gasteiger partial charge in [0.25, 0.3) is 0 Å². The molecule has 0 aliphatic heterocycles. The van der Waals surface area contributed by atoms with Crippen LogP contribution in [0.4, 0.5) is 0 Å². The van der Waals surface area contributed by atoms with E-state index in [-0.39, 0.29) is 0 Å². The maximum atomic E-state index is 10.8. The molecule has 0 atom stereocenters. The van der Waals surface area contributed by atoms with Crippen LogP contribution >= 0.6 is 0 Å². The molecule has 0 aliphatic carbocycles. The van der Waals surface area contributed by atoms with Crippen molar-refractivity contribution in [2.75, 3.05) is 0 Å². The third kappa shape index (κ3) is 1.73. The number of furan rings is 1. The Morgan fingerprint density at radius 3 is 2.78 bits per heavy atom. The second-order valence-electron chi connectivity index (χ2n) is 3.83. The van der Waals surface area contributed by atoms with E-state index in [1.807, 2.05) is 36.5 Å². The molecular formula is C14H10N2O2. The van der Waals surface area contributed by atoms with E-state index in [1.165, 1.54) is 6.26 Å². The zero-order valence-corrected chi connectivity index (χ0v) is 9.48. The van der Waals surface area contributed by atoms with Crippen molar-refractivity contribution >= 4 is 6.29 Å². The van der Waals surface area contributed by atoms with E-state index in [0.29, 0.717) is 12.0 Å². The third-order valence-corrected chi connectivity index (χ3v) is 2.72. The van der Waals surface area contributed by atoms with Gasteiger partial charge in [0.05, 0.1) is 18.1 Å². The lowest BCUT2D eigenvalue weighted by Gasteiger charge is -1.98. The highest BCUT2D eigenvalue weighted by atomic mass is 16.3. The van der Waals surface area contributed by atoms with E-state index >= 15 is 0 Å². The summed E-state index contributed by atoms with van der Waals surface area (Å²) in [5, 5.41) is 4.28. The van der Waals surface area contributed by atoms with Gasteiger partial charge in [-0.1, -0.05) is 18.2 Å². The highest BCUT2D eigenvalue weighted by Gasteiger charge is 2.10. The number of hydrogen-bond acceptors (Lipinski definition) is 3. The average molecular weight is 238 g/mol. The van der Waals surface area contributed by atoms with E-state index in [2.05, 4.69) is 5.10 Å². The van der Waals surface area contributed by atoms with Gasteiger partial charge in [0.15, 0.2) is 12.0 Å². The average Bonchev–Trinajstić information content (AvgIpc) is 3.08. The summed E-state index contributed by atoms with van der Waals surface area (Å²) in [5.41, 5.74) is 2.58. The van der Waals surface area contributed by atoms with E-state index in [4.69, 9.17) is 4.42 Å². The zero-order valence-electron chi connectivity index (χ0n) is 9.48. The normalized spacial score (nSPS) is 10.4. The first-order valence-corrected chi connectivity index (χ1v) is 5.51. The first-order valence-electron chi connectivity index (χ1n) is 5.51. The van der Waals surface area contributed by atoms with Crippen molar-refractivity contribution in [2.24, 2.45) is 0 Å². The molecule has 0 unspecified atom stereocenters. The van der Waals surface area contributed by atoms with Crippen molar-refractivity contribution in [3.63, 3.8) is 0 Å². The SMILES string of the molecule is O=Cc1occc1-c1cnn(-c2ccccc2)c1. The smallest absolute Gasteiger partial charge is 0.185 e. The monoisotopic (exact) mass is 238 g/mol. The van der Waals surface area contributed by atoms with Crippen molar-refractivity contribution in [3.05, 3.63) is 60.8 Å². The molecule has 3 rings (SSSR count). The molecule has 0 fully saturated rings. The summed E-state index contributed by atoms with van der Waals surface area (Å²) < 4.78 is 6.84. The van der Waals surface area contributed by atoms with Crippen LogP contribution in [0.3, 0.4) is 0 Å². The van der Waals surface area contributed by atoms with Gasteiger partial charge in [-0.15, -0.1) is 0 Å². The van der Waals surface area contributed by atoms with Crippen LogP contribution in [0.5, 0.6) is 0 Å². The quantitative estimate of drug-likeness (QED) is 0.659. The molecule has 88 valence electrons. The Kier molecular flexibility index (Phi) is 2.53. The van der Waals surface area contributed by atoms with Gasteiger partial charge >= 0.3 is 0 Å². The Morgan fingerprint density at radius 1 is 1.17 bits per heavy atom. The summed E-state index contributed by atoms with van der Waals surface area (Å²) in [4.78, 5) is 10.8. The fourth-order valence-corrected chi connectivity index (χ4v) is 1.83. The number of carbonyl (C=O) groups is 1. The predicted octanol–water partition coefficient (Wildman–Crippen LogP) is 2.94. The Balaban J connectivity index is 2.02. The molecule has 0 N–H and O–H groups in total. The van der Waals surface area contributed by atoms with Gasteiger partial charge in [-0.05, 0) is 18.2 Å². The van der Waals surface area contributed by atoms with Crippen LogP contribution in [0, 0.1) is 0 Å². The van der Waals surface area contributed by atoms with Gasteiger partial charge in [0.1, 0.15) is 0 Å². The van der Waals surface area contributed by atoms with E-state index in [1.54, 1.807) is 16.9 Å². The maximum Gasteiger partial charge on any atom is 0.185 e. The standard InChI is InChI=1S/C14H10N2O2/c17-10-14-13(6-7-18-14)11-8-15-16(9-11)12-4-2-1-3-5-12/h1-10H. The largest absolute Gasteiger partial charge is 0.461 e. The van der Waals surface area contributed by atoms with Gasteiger partial charge in [-0.3, -0.25) is 4.79 Å². The van der Waals surface area contributed by atoms with Crippen LogP contribution in [-0.4, -0.2) is 16.1 Å². The van der Waals surface area contributed by atoms with E-state index < -0.39 is 0 Å². The predicted molar refractivity (Wildman–Crippen MR) is 66.7 cm³/mol. The highest BCUT2D eigenvalue weighted by Crippen LogP contribution is 2.24. The number of rotatable bonds is 3. The fourth-order valence-electron chi connectivity index (χ4n) is 1.83. The number of para-hydroxylation sites is 1. The lowest BCUT2D eigenvalue weighted by molar-refractivity contribution is 0.110. The molecule has 0 bridgehead atoms. The van der Waals surface area contributed by atoms with Crippen molar-refractivity contribution < 1.29 is 9.21 Å². The Bertz CT molecular complexity index is 668. The number of hydrogen-bond donors (Lipinski definition) is 0. The molecule has 18 heavy (non-hydrogen) atoms. The maximum absolute atomic E-state index is 10.8. The van der Waals surface area contributed by atoms with Crippen molar-refractivity contribution in [3.8, 4) is 16.8 Å². The Labute approximate surface area is 103 Å². The summed E-state index contributed by atoms with van der Waals surface area (Å²) >= 11 is 0. The molecule has 3 aromatic rings. The van der Waals surface area contributed by atoms with Gasteiger partial charge in [-0.25, -0.2) is 4.68 Å². The topological polar surface area (TPSA) is 48.0 Å². The van der Waals surface area contributed by atoms with Gasteiger partial charge in [0.2, 0.25) is 0 Å².